The number of rotatable bonds is 3. The van der Waals surface area contributed by atoms with E-state index >= 15 is 0 Å². The Balaban J connectivity index is 1.62. The maximum Gasteiger partial charge on any atom is 0.214 e. The third-order valence-electron chi connectivity index (χ3n) is 2.96. The van der Waals surface area contributed by atoms with E-state index in [1.54, 1.807) is 11.3 Å². The Morgan fingerprint density at radius 3 is 3.35 bits per heavy atom. The summed E-state index contributed by atoms with van der Waals surface area (Å²) in [7, 11) is 0. The van der Waals surface area contributed by atoms with E-state index in [1.807, 2.05) is 17.6 Å². The number of nitrogens with one attached hydrogen (secondary N) is 1. The maximum absolute atomic E-state index is 5.46. The minimum Gasteiger partial charge on any atom is -0.381 e. The Kier molecular flexibility index (Phi) is 2.98. The predicted molar refractivity (Wildman–Crippen MR) is 67.6 cm³/mol. The number of aromatic nitrogens is 3. The first-order chi connectivity index (χ1) is 8.31. The first-order valence-corrected chi connectivity index (χ1v) is 6.77. The molecule has 1 N–H and O–H groups in total. The number of fused-ring (bicyclic) bond motifs is 1. The van der Waals surface area contributed by atoms with Crippen molar-refractivity contribution in [1.82, 2.24) is 14.6 Å². The Morgan fingerprint density at radius 1 is 1.65 bits per heavy atom. The molecule has 2 aromatic rings. The molecular formula is C11H16N4OS. The van der Waals surface area contributed by atoms with Crippen LogP contribution >= 0.6 is 11.3 Å². The summed E-state index contributed by atoms with van der Waals surface area (Å²) in [6, 6.07) is 0. The lowest BCUT2D eigenvalue weighted by Crippen LogP contribution is -2.24. The van der Waals surface area contributed by atoms with E-state index < -0.39 is 0 Å². The molecule has 0 saturated carbocycles. The fourth-order valence-corrected chi connectivity index (χ4v) is 2.91. The number of imidazole rings is 1. The smallest absolute Gasteiger partial charge is 0.214 e. The molecular weight excluding hydrogens is 236 g/mol. The second-order valence-electron chi connectivity index (χ2n) is 4.48. The van der Waals surface area contributed by atoms with Crippen LogP contribution in [0.1, 0.15) is 18.5 Å². The highest BCUT2D eigenvalue weighted by molar-refractivity contribution is 7.20. The van der Waals surface area contributed by atoms with Crippen molar-refractivity contribution >= 4 is 21.4 Å². The van der Waals surface area contributed by atoms with Gasteiger partial charge in [-0.3, -0.25) is 0 Å². The lowest BCUT2D eigenvalue weighted by molar-refractivity contribution is 0.0595. The molecule has 1 atom stereocenters. The van der Waals surface area contributed by atoms with Crippen molar-refractivity contribution in [3.63, 3.8) is 0 Å². The minimum absolute atomic E-state index is 0.613. The van der Waals surface area contributed by atoms with E-state index in [-0.39, 0.29) is 0 Å². The van der Waals surface area contributed by atoms with Gasteiger partial charge in [0.2, 0.25) is 10.1 Å². The van der Waals surface area contributed by atoms with Crippen LogP contribution in [0.2, 0.25) is 0 Å². The van der Waals surface area contributed by atoms with Crippen LogP contribution in [-0.2, 0) is 4.74 Å². The second kappa shape index (κ2) is 4.62. The van der Waals surface area contributed by atoms with E-state index in [9.17, 15) is 0 Å². The standard InChI is InChI=1S/C11H16N4OS/c1-8-6-15-11(13-8)17-10(14-15)12-5-9-3-2-4-16-7-9/h6,9H,2-5,7H2,1H3,(H,12,14). The van der Waals surface area contributed by atoms with Gasteiger partial charge in [0.05, 0.1) is 18.5 Å². The lowest BCUT2D eigenvalue weighted by atomic mass is 10.0. The molecule has 2 aromatic heterocycles. The normalized spacial score (nSPS) is 20.9. The number of aryl methyl sites for hydroxylation is 1. The minimum atomic E-state index is 0.613. The van der Waals surface area contributed by atoms with Gasteiger partial charge < -0.3 is 10.1 Å². The van der Waals surface area contributed by atoms with Crippen LogP contribution in [0, 0.1) is 12.8 Å². The Bertz CT molecular complexity index is 469. The van der Waals surface area contributed by atoms with Gasteiger partial charge in [-0.05, 0) is 25.7 Å². The van der Waals surface area contributed by atoms with Crippen molar-refractivity contribution in [2.24, 2.45) is 5.92 Å². The fourth-order valence-electron chi connectivity index (χ4n) is 2.08. The first kappa shape index (κ1) is 11.0. The van der Waals surface area contributed by atoms with Gasteiger partial charge in [-0.2, -0.15) is 0 Å². The van der Waals surface area contributed by atoms with Crippen molar-refractivity contribution in [1.29, 1.82) is 0 Å². The zero-order chi connectivity index (χ0) is 11.7. The first-order valence-electron chi connectivity index (χ1n) is 5.96. The molecule has 92 valence electrons. The summed E-state index contributed by atoms with van der Waals surface area (Å²) >= 11 is 1.60. The molecule has 0 bridgehead atoms. The fraction of sp³-hybridized carbons (Fsp3) is 0.636. The van der Waals surface area contributed by atoms with Crippen molar-refractivity contribution in [3.05, 3.63) is 11.9 Å². The number of anilines is 1. The molecule has 0 spiro atoms. The summed E-state index contributed by atoms with van der Waals surface area (Å²) in [5, 5.41) is 8.76. The zero-order valence-corrected chi connectivity index (χ0v) is 10.7. The molecule has 3 rings (SSSR count). The largest absolute Gasteiger partial charge is 0.381 e. The number of hydrogen-bond acceptors (Lipinski definition) is 5. The van der Waals surface area contributed by atoms with Crippen LogP contribution in [0.4, 0.5) is 5.13 Å². The monoisotopic (exact) mass is 252 g/mol. The van der Waals surface area contributed by atoms with Crippen molar-refractivity contribution in [2.45, 2.75) is 19.8 Å². The highest BCUT2D eigenvalue weighted by Crippen LogP contribution is 2.20. The number of ether oxygens (including phenoxy) is 1. The molecule has 1 unspecified atom stereocenters. The molecule has 5 nitrogen and oxygen atoms in total. The van der Waals surface area contributed by atoms with Gasteiger partial charge in [-0.25, -0.2) is 9.50 Å². The molecule has 0 aliphatic carbocycles. The van der Waals surface area contributed by atoms with E-state index in [0.29, 0.717) is 5.92 Å². The number of nitrogens with zero attached hydrogens (tertiary/aromatic N) is 3. The molecule has 1 fully saturated rings. The second-order valence-corrected chi connectivity index (χ2v) is 5.44. The molecule has 0 amide bonds. The van der Waals surface area contributed by atoms with Gasteiger partial charge in [0.1, 0.15) is 0 Å². The molecule has 0 aromatic carbocycles. The third-order valence-corrected chi connectivity index (χ3v) is 3.84. The van der Waals surface area contributed by atoms with E-state index in [2.05, 4.69) is 15.4 Å². The number of hydrogen-bond donors (Lipinski definition) is 1. The summed E-state index contributed by atoms with van der Waals surface area (Å²) in [5.41, 5.74) is 1.01. The summed E-state index contributed by atoms with van der Waals surface area (Å²) in [4.78, 5) is 5.33. The summed E-state index contributed by atoms with van der Waals surface area (Å²) in [5.74, 6) is 0.613. The lowest BCUT2D eigenvalue weighted by Gasteiger charge is -2.21. The van der Waals surface area contributed by atoms with Crippen LogP contribution in [0.15, 0.2) is 6.20 Å². The van der Waals surface area contributed by atoms with E-state index in [0.717, 1.165) is 35.5 Å². The molecule has 1 aliphatic rings. The van der Waals surface area contributed by atoms with Crippen LogP contribution < -0.4 is 5.32 Å². The van der Waals surface area contributed by atoms with Crippen molar-refractivity contribution < 1.29 is 4.74 Å². The molecule has 3 heterocycles. The molecule has 6 heteroatoms. The topological polar surface area (TPSA) is 51.5 Å². The van der Waals surface area contributed by atoms with Gasteiger partial charge in [0, 0.05) is 13.2 Å². The Morgan fingerprint density at radius 2 is 2.59 bits per heavy atom. The van der Waals surface area contributed by atoms with Gasteiger partial charge in [0.15, 0.2) is 0 Å². The summed E-state index contributed by atoms with van der Waals surface area (Å²) in [6.07, 6.45) is 4.36. The molecule has 1 saturated heterocycles. The predicted octanol–water partition coefficient (Wildman–Crippen LogP) is 1.94. The highest BCUT2D eigenvalue weighted by atomic mass is 32.1. The molecule has 1 aliphatic heterocycles. The van der Waals surface area contributed by atoms with E-state index in [4.69, 9.17) is 4.74 Å². The SMILES string of the molecule is Cc1cn2nc(NCC3CCCOC3)sc2n1. The van der Waals surface area contributed by atoms with Crippen molar-refractivity contribution in [3.8, 4) is 0 Å². The van der Waals surface area contributed by atoms with Crippen molar-refractivity contribution in [2.75, 3.05) is 25.1 Å². The molecule has 0 radical (unpaired) electrons. The van der Waals surface area contributed by atoms with Gasteiger partial charge in [-0.1, -0.05) is 11.3 Å². The maximum atomic E-state index is 5.46. The summed E-state index contributed by atoms with van der Waals surface area (Å²) in [6.45, 7) is 4.71. The van der Waals surface area contributed by atoms with Crippen LogP contribution in [0.5, 0.6) is 0 Å². The average molecular weight is 252 g/mol. The Labute approximate surface area is 104 Å². The highest BCUT2D eigenvalue weighted by Gasteiger charge is 2.14. The molecule has 17 heavy (non-hydrogen) atoms. The van der Waals surface area contributed by atoms with E-state index in [1.165, 1.54) is 12.8 Å². The Hall–Kier alpha value is -1.14. The third kappa shape index (κ3) is 2.42. The zero-order valence-electron chi connectivity index (χ0n) is 9.85. The average Bonchev–Trinajstić information content (AvgIpc) is 2.84. The van der Waals surface area contributed by atoms with Gasteiger partial charge >= 0.3 is 0 Å². The van der Waals surface area contributed by atoms with Crippen LogP contribution in [0.25, 0.3) is 4.96 Å². The van der Waals surface area contributed by atoms with Gasteiger partial charge in [0.25, 0.3) is 0 Å². The van der Waals surface area contributed by atoms with Gasteiger partial charge in [-0.15, -0.1) is 5.10 Å². The van der Waals surface area contributed by atoms with Crippen LogP contribution in [-0.4, -0.2) is 34.4 Å². The van der Waals surface area contributed by atoms with Crippen LogP contribution in [0.3, 0.4) is 0 Å². The summed E-state index contributed by atoms with van der Waals surface area (Å²) < 4.78 is 7.29. The quantitative estimate of drug-likeness (QED) is 0.907.